The van der Waals surface area contributed by atoms with Crippen LogP contribution in [0.2, 0.25) is 0 Å². The fraction of sp³-hybridized carbons (Fsp3) is 0.435. The number of benzene rings is 2. The van der Waals surface area contributed by atoms with E-state index in [9.17, 15) is 22.8 Å². The molecule has 1 aliphatic rings. The third kappa shape index (κ3) is 4.24. The molecule has 32 heavy (non-hydrogen) atoms. The van der Waals surface area contributed by atoms with E-state index in [1.165, 1.54) is 31.2 Å². The molecule has 1 heterocycles. The lowest BCUT2D eigenvalue weighted by Gasteiger charge is -2.49. The van der Waals surface area contributed by atoms with Crippen molar-refractivity contribution >= 4 is 15.7 Å². The fourth-order valence-electron chi connectivity index (χ4n) is 4.12. The van der Waals surface area contributed by atoms with E-state index in [1.807, 2.05) is 0 Å². The molecule has 7 nitrogen and oxygen atoms in total. The number of amides is 1. The minimum Gasteiger partial charge on any atom is -0.489 e. The highest BCUT2D eigenvalue weighted by Crippen LogP contribution is 2.47. The van der Waals surface area contributed by atoms with E-state index < -0.39 is 32.0 Å². The second kappa shape index (κ2) is 8.80. The second-order valence-corrected chi connectivity index (χ2v) is 10.8. The normalized spacial score (nSPS) is 22.9. The minimum atomic E-state index is -3.94. The summed E-state index contributed by atoms with van der Waals surface area (Å²) < 4.78 is 51.6. The largest absolute Gasteiger partial charge is 0.489 e. The SMILES string of the molecule is Cc1cc(F)ccc1COc1ccc(S(=O)(=O)C2CCOC(C)(C)C2(C)C(=O)NO)cc1. The Bertz CT molecular complexity index is 1100. The molecule has 1 amide bonds. The molecule has 2 aromatic rings. The summed E-state index contributed by atoms with van der Waals surface area (Å²) >= 11 is 0. The molecule has 1 aliphatic heterocycles. The molecular formula is C23H28FNO6S. The van der Waals surface area contributed by atoms with Crippen LogP contribution in [0, 0.1) is 18.2 Å². The van der Waals surface area contributed by atoms with Gasteiger partial charge in [0.15, 0.2) is 9.84 Å². The highest BCUT2D eigenvalue weighted by Gasteiger charge is 2.60. The molecule has 2 aromatic carbocycles. The number of sulfone groups is 1. The third-order valence-corrected chi connectivity index (χ3v) is 8.92. The number of rotatable bonds is 6. The molecule has 0 bridgehead atoms. The lowest BCUT2D eigenvalue weighted by atomic mass is 9.69. The number of hydrogen-bond acceptors (Lipinski definition) is 6. The molecule has 3 rings (SSSR count). The molecule has 0 spiro atoms. The fourth-order valence-corrected chi connectivity index (χ4v) is 6.38. The predicted octanol–water partition coefficient (Wildman–Crippen LogP) is 3.57. The van der Waals surface area contributed by atoms with Crippen LogP contribution >= 0.6 is 0 Å². The molecule has 1 saturated heterocycles. The van der Waals surface area contributed by atoms with Crippen molar-refractivity contribution in [3.8, 4) is 5.75 Å². The summed E-state index contributed by atoms with van der Waals surface area (Å²) in [7, 11) is -3.94. The van der Waals surface area contributed by atoms with Gasteiger partial charge in [-0.2, -0.15) is 0 Å². The molecule has 2 unspecified atom stereocenters. The van der Waals surface area contributed by atoms with Crippen LogP contribution < -0.4 is 10.2 Å². The van der Waals surface area contributed by atoms with Crippen molar-refractivity contribution in [3.05, 3.63) is 59.4 Å². The monoisotopic (exact) mass is 465 g/mol. The topological polar surface area (TPSA) is 102 Å². The van der Waals surface area contributed by atoms with Crippen LogP contribution in [0.15, 0.2) is 47.4 Å². The zero-order chi connectivity index (χ0) is 23.7. The van der Waals surface area contributed by atoms with E-state index >= 15 is 0 Å². The summed E-state index contributed by atoms with van der Waals surface area (Å²) in [6.45, 7) is 6.93. The molecule has 0 radical (unpaired) electrons. The molecule has 0 aromatic heterocycles. The van der Waals surface area contributed by atoms with Gasteiger partial charge in [-0.1, -0.05) is 6.07 Å². The molecule has 174 valence electrons. The molecule has 0 aliphatic carbocycles. The zero-order valence-corrected chi connectivity index (χ0v) is 19.3. The van der Waals surface area contributed by atoms with Crippen LogP contribution in [0.4, 0.5) is 4.39 Å². The Morgan fingerprint density at radius 3 is 2.47 bits per heavy atom. The second-order valence-electron chi connectivity index (χ2n) is 8.66. The van der Waals surface area contributed by atoms with Crippen LogP contribution in [-0.4, -0.2) is 37.0 Å². The van der Waals surface area contributed by atoms with Crippen molar-refractivity contribution in [2.75, 3.05) is 6.61 Å². The summed E-state index contributed by atoms with van der Waals surface area (Å²) in [6, 6.07) is 10.4. The quantitative estimate of drug-likeness (QED) is 0.500. The van der Waals surface area contributed by atoms with Crippen molar-refractivity contribution in [1.82, 2.24) is 5.48 Å². The van der Waals surface area contributed by atoms with E-state index in [0.717, 1.165) is 11.1 Å². The van der Waals surface area contributed by atoms with E-state index in [-0.39, 0.29) is 30.3 Å². The maximum atomic E-state index is 13.5. The van der Waals surface area contributed by atoms with E-state index in [2.05, 4.69) is 0 Å². The minimum absolute atomic E-state index is 0.0440. The van der Waals surface area contributed by atoms with Crippen LogP contribution in [-0.2, 0) is 26.0 Å². The number of carbonyl (C=O) groups is 1. The summed E-state index contributed by atoms with van der Waals surface area (Å²) in [4.78, 5) is 12.6. The lowest BCUT2D eigenvalue weighted by Crippen LogP contribution is -2.64. The first kappa shape index (κ1) is 24.2. The van der Waals surface area contributed by atoms with Crippen LogP contribution in [0.1, 0.15) is 38.3 Å². The smallest absolute Gasteiger partial charge is 0.253 e. The van der Waals surface area contributed by atoms with Gasteiger partial charge in [-0.05, 0) is 81.6 Å². The van der Waals surface area contributed by atoms with Crippen molar-refractivity contribution in [1.29, 1.82) is 0 Å². The molecule has 1 fully saturated rings. The van der Waals surface area contributed by atoms with Gasteiger partial charge < -0.3 is 9.47 Å². The summed E-state index contributed by atoms with van der Waals surface area (Å²) in [5, 5.41) is 8.18. The first-order chi connectivity index (χ1) is 14.9. The summed E-state index contributed by atoms with van der Waals surface area (Å²) in [5.74, 6) is -0.680. The van der Waals surface area contributed by atoms with Crippen molar-refractivity contribution in [2.24, 2.45) is 5.41 Å². The number of ether oxygens (including phenoxy) is 2. The first-order valence-electron chi connectivity index (χ1n) is 10.2. The number of hydroxylamine groups is 1. The summed E-state index contributed by atoms with van der Waals surface area (Å²) in [5.41, 5.74) is 0.543. The molecule has 2 atom stereocenters. The van der Waals surface area contributed by atoms with Gasteiger partial charge in [0.1, 0.15) is 18.2 Å². The average molecular weight is 466 g/mol. The van der Waals surface area contributed by atoms with Gasteiger partial charge in [0.25, 0.3) is 5.91 Å². The van der Waals surface area contributed by atoms with Gasteiger partial charge in [-0.15, -0.1) is 0 Å². The zero-order valence-electron chi connectivity index (χ0n) is 18.5. The van der Waals surface area contributed by atoms with Crippen LogP contribution in [0.3, 0.4) is 0 Å². The maximum absolute atomic E-state index is 13.5. The lowest BCUT2D eigenvalue weighted by molar-refractivity contribution is -0.173. The van der Waals surface area contributed by atoms with Gasteiger partial charge in [0.05, 0.1) is 21.2 Å². The predicted molar refractivity (Wildman–Crippen MR) is 116 cm³/mol. The van der Waals surface area contributed by atoms with Crippen molar-refractivity contribution in [2.45, 2.75) is 56.5 Å². The number of aryl methyl sites for hydroxylation is 1. The number of hydrogen-bond donors (Lipinski definition) is 2. The van der Waals surface area contributed by atoms with E-state index in [1.54, 1.807) is 44.5 Å². The van der Waals surface area contributed by atoms with Crippen LogP contribution in [0.5, 0.6) is 5.75 Å². The number of nitrogens with one attached hydrogen (secondary N) is 1. The van der Waals surface area contributed by atoms with Crippen molar-refractivity contribution < 1.29 is 32.3 Å². The number of carbonyl (C=O) groups excluding carboxylic acids is 1. The van der Waals surface area contributed by atoms with Gasteiger partial charge in [-0.25, -0.2) is 18.3 Å². The highest BCUT2D eigenvalue weighted by atomic mass is 32.2. The van der Waals surface area contributed by atoms with Gasteiger partial charge in [0.2, 0.25) is 0 Å². The Hall–Kier alpha value is -2.49. The molecular weight excluding hydrogens is 437 g/mol. The van der Waals surface area contributed by atoms with Crippen molar-refractivity contribution in [3.63, 3.8) is 0 Å². The Morgan fingerprint density at radius 2 is 1.88 bits per heavy atom. The third-order valence-electron chi connectivity index (χ3n) is 6.54. The standard InChI is InChI=1S/C23H28FNO6S/c1-15-13-17(24)6-5-16(15)14-30-18-7-9-19(10-8-18)32(28,29)20-11-12-31-22(2,3)23(20,4)21(26)25-27/h5-10,13,20,27H,11-12,14H2,1-4H3,(H,25,26). The maximum Gasteiger partial charge on any atom is 0.253 e. The Morgan fingerprint density at radius 1 is 1.22 bits per heavy atom. The number of halogens is 1. The first-order valence-corrected chi connectivity index (χ1v) is 11.8. The van der Waals surface area contributed by atoms with E-state index in [4.69, 9.17) is 9.47 Å². The molecule has 9 heteroatoms. The van der Waals surface area contributed by atoms with Gasteiger partial charge >= 0.3 is 0 Å². The Labute approximate surface area is 187 Å². The highest BCUT2D eigenvalue weighted by molar-refractivity contribution is 7.92. The summed E-state index contributed by atoms with van der Waals surface area (Å²) in [6.07, 6.45) is 0.109. The molecule has 0 saturated carbocycles. The average Bonchev–Trinajstić information content (AvgIpc) is 2.74. The van der Waals surface area contributed by atoms with Crippen LogP contribution in [0.25, 0.3) is 0 Å². The molecule has 2 N–H and O–H groups in total. The van der Waals surface area contributed by atoms with E-state index in [0.29, 0.717) is 5.75 Å². The Balaban J connectivity index is 1.84. The Kier molecular flexibility index (Phi) is 6.65. The van der Waals surface area contributed by atoms with Gasteiger partial charge in [0, 0.05) is 6.61 Å². The van der Waals surface area contributed by atoms with Gasteiger partial charge in [-0.3, -0.25) is 10.0 Å².